The lowest BCUT2D eigenvalue weighted by Gasteiger charge is -2.40. The van der Waals surface area contributed by atoms with E-state index in [0.717, 1.165) is 50.5 Å². The molecule has 0 aliphatic carbocycles. The highest BCUT2D eigenvalue weighted by atomic mass is 16.2. The van der Waals surface area contributed by atoms with Crippen molar-refractivity contribution in [3.8, 4) is 0 Å². The van der Waals surface area contributed by atoms with Gasteiger partial charge in [-0.05, 0) is 37.8 Å². The summed E-state index contributed by atoms with van der Waals surface area (Å²) < 4.78 is 0. The predicted molar refractivity (Wildman–Crippen MR) is 98.4 cm³/mol. The summed E-state index contributed by atoms with van der Waals surface area (Å²) in [6, 6.07) is 9.33. The van der Waals surface area contributed by atoms with Gasteiger partial charge in [-0.2, -0.15) is 0 Å². The number of benzene rings is 1. The van der Waals surface area contributed by atoms with Crippen molar-refractivity contribution in [2.24, 2.45) is 5.92 Å². The zero-order chi connectivity index (χ0) is 17.8. The molecule has 2 saturated heterocycles. The zero-order valence-corrected chi connectivity index (χ0v) is 15.4. The topological polar surface area (TPSA) is 43.9 Å². The molecular weight excluding hydrogens is 314 g/mol. The van der Waals surface area contributed by atoms with Crippen LogP contribution in [0.2, 0.25) is 0 Å². The van der Waals surface area contributed by atoms with E-state index in [1.807, 2.05) is 47.1 Å². The molecule has 25 heavy (non-hydrogen) atoms. The molecule has 2 aliphatic rings. The molecule has 1 aromatic rings. The third-order valence-corrected chi connectivity index (χ3v) is 5.62. The van der Waals surface area contributed by atoms with Crippen LogP contribution in [0.1, 0.15) is 37.0 Å². The molecule has 0 spiro atoms. The largest absolute Gasteiger partial charge is 0.341 e. The van der Waals surface area contributed by atoms with Gasteiger partial charge in [0, 0.05) is 44.8 Å². The average Bonchev–Trinajstić information content (AvgIpc) is 2.67. The Balaban J connectivity index is 1.51. The zero-order valence-electron chi connectivity index (χ0n) is 15.4. The van der Waals surface area contributed by atoms with E-state index in [1.165, 1.54) is 0 Å². The van der Waals surface area contributed by atoms with Gasteiger partial charge in [-0.15, -0.1) is 0 Å². The third-order valence-electron chi connectivity index (χ3n) is 5.62. The predicted octanol–water partition coefficient (Wildman–Crippen LogP) is 2.09. The van der Waals surface area contributed by atoms with E-state index in [1.54, 1.807) is 0 Å². The number of hydrogen-bond acceptors (Lipinski definition) is 3. The van der Waals surface area contributed by atoms with Crippen molar-refractivity contribution in [1.82, 2.24) is 14.7 Å². The van der Waals surface area contributed by atoms with Crippen molar-refractivity contribution < 1.29 is 9.59 Å². The van der Waals surface area contributed by atoms with Gasteiger partial charge in [-0.25, -0.2) is 0 Å². The van der Waals surface area contributed by atoms with Crippen molar-refractivity contribution in [3.05, 3.63) is 35.9 Å². The van der Waals surface area contributed by atoms with Gasteiger partial charge in [0.05, 0.1) is 6.04 Å². The van der Waals surface area contributed by atoms with Gasteiger partial charge in [0.15, 0.2) is 0 Å². The summed E-state index contributed by atoms with van der Waals surface area (Å²) in [5, 5.41) is 0. The minimum absolute atomic E-state index is 0.0873. The van der Waals surface area contributed by atoms with E-state index in [4.69, 9.17) is 0 Å². The smallest absolute Gasteiger partial charge is 0.253 e. The maximum absolute atomic E-state index is 12.7. The summed E-state index contributed by atoms with van der Waals surface area (Å²) in [6.45, 7) is 8.92. The fourth-order valence-electron chi connectivity index (χ4n) is 3.72. The maximum atomic E-state index is 12.7. The van der Waals surface area contributed by atoms with Crippen LogP contribution in [0.5, 0.6) is 0 Å². The molecule has 2 amide bonds. The van der Waals surface area contributed by atoms with Gasteiger partial charge in [0.25, 0.3) is 5.91 Å². The number of amides is 2. The molecule has 1 atom stereocenters. The molecule has 5 nitrogen and oxygen atoms in total. The molecule has 0 radical (unpaired) electrons. The minimum atomic E-state index is -0.0950. The second-order valence-corrected chi connectivity index (χ2v) is 7.38. The number of piperidine rings is 1. The summed E-state index contributed by atoms with van der Waals surface area (Å²) in [6.07, 6.45) is 2.22. The quantitative estimate of drug-likeness (QED) is 0.844. The molecule has 2 fully saturated rings. The van der Waals surface area contributed by atoms with E-state index >= 15 is 0 Å². The first-order valence-electron chi connectivity index (χ1n) is 9.43. The van der Waals surface area contributed by atoms with Crippen molar-refractivity contribution in [2.45, 2.75) is 32.7 Å². The van der Waals surface area contributed by atoms with Crippen LogP contribution in [0.15, 0.2) is 30.3 Å². The van der Waals surface area contributed by atoms with Crippen LogP contribution in [-0.4, -0.2) is 71.8 Å². The highest BCUT2D eigenvalue weighted by Gasteiger charge is 2.31. The summed E-state index contributed by atoms with van der Waals surface area (Å²) >= 11 is 0. The monoisotopic (exact) mass is 343 g/mol. The molecule has 2 heterocycles. The highest BCUT2D eigenvalue weighted by molar-refractivity contribution is 5.94. The highest BCUT2D eigenvalue weighted by Crippen LogP contribution is 2.18. The summed E-state index contributed by atoms with van der Waals surface area (Å²) in [7, 11) is 0. The molecular formula is C20H29N3O2. The van der Waals surface area contributed by atoms with Crippen molar-refractivity contribution in [1.29, 1.82) is 0 Å². The van der Waals surface area contributed by atoms with E-state index < -0.39 is 0 Å². The number of hydrogen-bond donors (Lipinski definition) is 0. The standard InChI is InChI=1S/C20H29N3O2/c1-16-8-10-22(11-9-16)19(24)17(2)21-12-14-23(15-13-21)20(25)18-6-4-3-5-7-18/h3-7,16-17H,8-15H2,1-2H3. The maximum Gasteiger partial charge on any atom is 0.253 e. The van der Waals surface area contributed by atoms with Gasteiger partial charge in [-0.3, -0.25) is 14.5 Å². The SMILES string of the molecule is CC1CCN(C(=O)C(C)N2CCN(C(=O)c3ccccc3)CC2)CC1. The van der Waals surface area contributed by atoms with E-state index in [9.17, 15) is 9.59 Å². The Kier molecular flexibility index (Phi) is 5.74. The summed E-state index contributed by atoms with van der Waals surface area (Å²) in [5.41, 5.74) is 0.738. The first kappa shape index (κ1) is 17.9. The van der Waals surface area contributed by atoms with Crippen molar-refractivity contribution in [3.63, 3.8) is 0 Å². The molecule has 1 aromatic carbocycles. The van der Waals surface area contributed by atoms with Crippen LogP contribution < -0.4 is 0 Å². The van der Waals surface area contributed by atoms with Gasteiger partial charge < -0.3 is 9.80 Å². The Bertz CT molecular complexity index is 588. The first-order valence-corrected chi connectivity index (χ1v) is 9.43. The molecule has 0 saturated carbocycles. The van der Waals surface area contributed by atoms with Crippen LogP contribution in [-0.2, 0) is 4.79 Å². The number of carbonyl (C=O) groups excluding carboxylic acids is 2. The lowest BCUT2D eigenvalue weighted by molar-refractivity contribution is -0.138. The second-order valence-electron chi connectivity index (χ2n) is 7.38. The van der Waals surface area contributed by atoms with Gasteiger partial charge in [0.2, 0.25) is 5.91 Å². The van der Waals surface area contributed by atoms with Crippen LogP contribution in [0, 0.1) is 5.92 Å². The lowest BCUT2D eigenvalue weighted by atomic mass is 9.98. The minimum Gasteiger partial charge on any atom is -0.341 e. The number of rotatable bonds is 3. The lowest BCUT2D eigenvalue weighted by Crippen LogP contribution is -2.56. The number of likely N-dealkylation sites (tertiary alicyclic amines) is 1. The van der Waals surface area contributed by atoms with Crippen LogP contribution >= 0.6 is 0 Å². The third kappa shape index (κ3) is 4.21. The number of nitrogens with zero attached hydrogens (tertiary/aromatic N) is 3. The molecule has 0 N–H and O–H groups in total. The Labute approximate surface area is 150 Å². The summed E-state index contributed by atoms with van der Waals surface area (Å²) in [4.78, 5) is 31.4. The van der Waals surface area contributed by atoms with Crippen LogP contribution in [0.4, 0.5) is 0 Å². The van der Waals surface area contributed by atoms with Gasteiger partial charge >= 0.3 is 0 Å². The number of piperazine rings is 1. The molecule has 0 bridgehead atoms. The summed E-state index contributed by atoms with van der Waals surface area (Å²) in [5.74, 6) is 1.06. The first-order chi connectivity index (χ1) is 12.1. The molecule has 3 rings (SSSR count). The van der Waals surface area contributed by atoms with E-state index in [2.05, 4.69) is 11.8 Å². The molecule has 2 aliphatic heterocycles. The average molecular weight is 343 g/mol. The molecule has 0 aromatic heterocycles. The Hall–Kier alpha value is -1.88. The van der Waals surface area contributed by atoms with Gasteiger partial charge in [-0.1, -0.05) is 25.1 Å². The number of carbonyl (C=O) groups is 2. The Morgan fingerprint density at radius 3 is 2.12 bits per heavy atom. The van der Waals surface area contributed by atoms with Gasteiger partial charge in [0.1, 0.15) is 0 Å². The van der Waals surface area contributed by atoms with Crippen LogP contribution in [0.25, 0.3) is 0 Å². The second kappa shape index (κ2) is 8.00. The Morgan fingerprint density at radius 1 is 0.920 bits per heavy atom. The van der Waals surface area contributed by atoms with Crippen LogP contribution in [0.3, 0.4) is 0 Å². The van der Waals surface area contributed by atoms with Crippen molar-refractivity contribution in [2.75, 3.05) is 39.3 Å². The Morgan fingerprint density at radius 2 is 1.52 bits per heavy atom. The fraction of sp³-hybridized carbons (Fsp3) is 0.600. The normalized spacial score (nSPS) is 21.2. The molecule has 5 heteroatoms. The van der Waals surface area contributed by atoms with E-state index in [0.29, 0.717) is 13.1 Å². The molecule has 136 valence electrons. The van der Waals surface area contributed by atoms with Crippen molar-refractivity contribution >= 4 is 11.8 Å². The fourth-order valence-corrected chi connectivity index (χ4v) is 3.72. The van der Waals surface area contributed by atoms with E-state index in [-0.39, 0.29) is 17.9 Å². The molecule has 1 unspecified atom stereocenters.